The average Bonchev–Trinajstić information content (AvgIpc) is 2.75. The van der Waals surface area contributed by atoms with Gasteiger partial charge in [-0.2, -0.15) is 17.4 Å². The minimum atomic E-state index is -3.40. The third-order valence-electron chi connectivity index (χ3n) is 3.54. The molecule has 1 aliphatic heterocycles. The van der Waals surface area contributed by atoms with E-state index in [-0.39, 0.29) is 13.2 Å². The van der Waals surface area contributed by atoms with Gasteiger partial charge in [-0.05, 0) is 24.0 Å². The Hall–Kier alpha value is -0.950. The van der Waals surface area contributed by atoms with E-state index in [2.05, 4.69) is 4.72 Å². The molecule has 0 aromatic heterocycles. The Bertz CT molecular complexity index is 523. The SMILES string of the molecule is O=S(=O)(NCc1cccc(CO)c1)N1CCCCCC1. The molecule has 2 N–H and O–H groups in total. The summed E-state index contributed by atoms with van der Waals surface area (Å²) in [7, 11) is -3.40. The van der Waals surface area contributed by atoms with Crippen LogP contribution in [0.4, 0.5) is 0 Å². The Morgan fingerprint density at radius 3 is 2.40 bits per heavy atom. The second kappa shape index (κ2) is 7.17. The van der Waals surface area contributed by atoms with E-state index in [1.165, 1.54) is 4.31 Å². The molecule has 1 aliphatic rings. The van der Waals surface area contributed by atoms with Crippen molar-refractivity contribution in [2.45, 2.75) is 38.8 Å². The fraction of sp³-hybridized carbons (Fsp3) is 0.571. The van der Waals surface area contributed by atoms with Gasteiger partial charge in [0.1, 0.15) is 0 Å². The Balaban J connectivity index is 1.97. The molecular weight excluding hydrogens is 276 g/mol. The molecule has 0 amide bonds. The van der Waals surface area contributed by atoms with Gasteiger partial charge in [0.05, 0.1) is 6.61 Å². The topological polar surface area (TPSA) is 69.6 Å². The number of hydrogen-bond acceptors (Lipinski definition) is 3. The average molecular weight is 298 g/mol. The second-order valence-electron chi connectivity index (χ2n) is 5.12. The third kappa shape index (κ3) is 4.28. The first-order chi connectivity index (χ1) is 9.62. The molecule has 0 bridgehead atoms. The molecule has 2 rings (SSSR count). The van der Waals surface area contributed by atoms with Crippen LogP contribution >= 0.6 is 0 Å². The van der Waals surface area contributed by atoms with Gasteiger partial charge in [-0.1, -0.05) is 37.1 Å². The largest absolute Gasteiger partial charge is 0.392 e. The summed E-state index contributed by atoms with van der Waals surface area (Å²) in [6.45, 7) is 1.43. The standard InChI is InChI=1S/C14H22N2O3S/c17-12-14-7-5-6-13(10-14)11-15-20(18,19)16-8-3-1-2-4-9-16/h5-7,10,15,17H,1-4,8-9,11-12H2. The molecule has 1 saturated heterocycles. The molecule has 0 aliphatic carbocycles. The van der Waals surface area contributed by atoms with E-state index >= 15 is 0 Å². The lowest BCUT2D eigenvalue weighted by molar-refractivity contribution is 0.281. The van der Waals surface area contributed by atoms with Crippen LogP contribution in [0.2, 0.25) is 0 Å². The maximum atomic E-state index is 12.2. The molecular formula is C14H22N2O3S. The highest BCUT2D eigenvalue weighted by molar-refractivity contribution is 7.87. The van der Waals surface area contributed by atoms with Gasteiger partial charge in [-0.15, -0.1) is 0 Å². The highest BCUT2D eigenvalue weighted by Gasteiger charge is 2.22. The molecule has 0 spiro atoms. The van der Waals surface area contributed by atoms with Crippen molar-refractivity contribution in [3.05, 3.63) is 35.4 Å². The van der Waals surface area contributed by atoms with Crippen LogP contribution in [0.3, 0.4) is 0 Å². The number of nitrogens with one attached hydrogen (secondary N) is 1. The molecule has 1 aromatic carbocycles. The molecule has 1 heterocycles. The van der Waals surface area contributed by atoms with Crippen molar-refractivity contribution in [3.8, 4) is 0 Å². The molecule has 0 radical (unpaired) electrons. The summed E-state index contributed by atoms with van der Waals surface area (Å²) < 4.78 is 28.6. The maximum absolute atomic E-state index is 12.2. The lowest BCUT2D eigenvalue weighted by Crippen LogP contribution is -2.40. The minimum absolute atomic E-state index is 0.0350. The van der Waals surface area contributed by atoms with E-state index in [9.17, 15) is 8.42 Å². The van der Waals surface area contributed by atoms with E-state index in [1.54, 1.807) is 0 Å². The Morgan fingerprint density at radius 2 is 1.75 bits per heavy atom. The Kier molecular flexibility index (Phi) is 5.54. The third-order valence-corrected chi connectivity index (χ3v) is 5.09. The summed E-state index contributed by atoms with van der Waals surface area (Å²) in [5, 5.41) is 9.08. The minimum Gasteiger partial charge on any atom is -0.392 e. The van der Waals surface area contributed by atoms with Gasteiger partial charge in [0, 0.05) is 19.6 Å². The molecule has 0 saturated carbocycles. The Morgan fingerprint density at radius 1 is 1.10 bits per heavy atom. The molecule has 1 fully saturated rings. The van der Waals surface area contributed by atoms with Crippen LogP contribution in [0.1, 0.15) is 36.8 Å². The summed E-state index contributed by atoms with van der Waals surface area (Å²) in [6.07, 6.45) is 4.07. The van der Waals surface area contributed by atoms with E-state index in [0.29, 0.717) is 13.1 Å². The van der Waals surface area contributed by atoms with Crippen molar-refractivity contribution in [1.82, 2.24) is 9.03 Å². The summed E-state index contributed by atoms with van der Waals surface area (Å²) >= 11 is 0. The first kappa shape index (κ1) is 15.4. The molecule has 1 aromatic rings. The van der Waals surface area contributed by atoms with Gasteiger partial charge in [0.25, 0.3) is 10.2 Å². The highest BCUT2D eigenvalue weighted by Crippen LogP contribution is 2.13. The molecule has 0 atom stereocenters. The maximum Gasteiger partial charge on any atom is 0.279 e. The smallest absolute Gasteiger partial charge is 0.279 e. The van der Waals surface area contributed by atoms with E-state index in [0.717, 1.165) is 36.8 Å². The van der Waals surface area contributed by atoms with Gasteiger partial charge in [-0.3, -0.25) is 0 Å². The molecule has 6 heteroatoms. The predicted molar refractivity (Wildman–Crippen MR) is 78.2 cm³/mol. The normalized spacial score (nSPS) is 17.9. The quantitative estimate of drug-likeness (QED) is 0.863. The molecule has 20 heavy (non-hydrogen) atoms. The van der Waals surface area contributed by atoms with Crippen molar-refractivity contribution >= 4 is 10.2 Å². The number of hydrogen-bond donors (Lipinski definition) is 2. The molecule has 0 unspecified atom stereocenters. The van der Waals surface area contributed by atoms with Crippen LogP contribution < -0.4 is 4.72 Å². The van der Waals surface area contributed by atoms with Gasteiger partial charge in [0.15, 0.2) is 0 Å². The summed E-state index contributed by atoms with van der Waals surface area (Å²) in [4.78, 5) is 0. The number of aliphatic hydroxyl groups is 1. The van der Waals surface area contributed by atoms with Gasteiger partial charge >= 0.3 is 0 Å². The number of nitrogens with zero attached hydrogens (tertiary/aromatic N) is 1. The Labute approximate surface area is 120 Å². The fourth-order valence-corrected chi connectivity index (χ4v) is 3.66. The fourth-order valence-electron chi connectivity index (χ4n) is 2.39. The van der Waals surface area contributed by atoms with Crippen molar-refractivity contribution in [3.63, 3.8) is 0 Å². The zero-order valence-electron chi connectivity index (χ0n) is 11.6. The van der Waals surface area contributed by atoms with Gasteiger partial charge in [-0.25, -0.2) is 0 Å². The van der Waals surface area contributed by atoms with E-state index in [1.807, 2.05) is 24.3 Å². The van der Waals surface area contributed by atoms with Gasteiger partial charge in [0.2, 0.25) is 0 Å². The predicted octanol–water partition coefficient (Wildman–Crippen LogP) is 1.39. The first-order valence-corrected chi connectivity index (χ1v) is 8.49. The van der Waals surface area contributed by atoms with Crippen molar-refractivity contribution in [2.75, 3.05) is 13.1 Å². The van der Waals surface area contributed by atoms with Crippen LogP contribution in [0, 0.1) is 0 Å². The van der Waals surface area contributed by atoms with Crippen LogP contribution in [-0.4, -0.2) is 30.9 Å². The van der Waals surface area contributed by atoms with Crippen LogP contribution in [0.25, 0.3) is 0 Å². The summed E-state index contributed by atoms with van der Waals surface area (Å²) in [5.41, 5.74) is 1.64. The van der Waals surface area contributed by atoms with Crippen molar-refractivity contribution < 1.29 is 13.5 Å². The van der Waals surface area contributed by atoms with Gasteiger partial charge < -0.3 is 5.11 Å². The van der Waals surface area contributed by atoms with Crippen molar-refractivity contribution in [1.29, 1.82) is 0 Å². The van der Waals surface area contributed by atoms with Crippen LogP contribution in [-0.2, 0) is 23.4 Å². The summed E-state index contributed by atoms with van der Waals surface area (Å²) in [6, 6.07) is 7.29. The number of rotatable bonds is 5. The van der Waals surface area contributed by atoms with Crippen molar-refractivity contribution in [2.24, 2.45) is 0 Å². The summed E-state index contributed by atoms with van der Waals surface area (Å²) in [5.74, 6) is 0. The lowest BCUT2D eigenvalue weighted by atomic mass is 10.1. The number of benzene rings is 1. The van der Waals surface area contributed by atoms with E-state index < -0.39 is 10.2 Å². The highest BCUT2D eigenvalue weighted by atomic mass is 32.2. The monoisotopic (exact) mass is 298 g/mol. The van der Waals surface area contributed by atoms with E-state index in [4.69, 9.17) is 5.11 Å². The zero-order chi connectivity index (χ0) is 14.4. The first-order valence-electron chi connectivity index (χ1n) is 7.05. The molecule has 112 valence electrons. The van der Waals surface area contributed by atoms with Crippen LogP contribution in [0.15, 0.2) is 24.3 Å². The van der Waals surface area contributed by atoms with Crippen LogP contribution in [0.5, 0.6) is 0 Å². The second-order valence-corrected chi connectivity index (χ2v) is 6.87. The molecule has 5 nitrogen and oxygen atoms in total. The zero-order valence-corrected chi connectivity index (χ0v) is 12.4. The number of aliphatic hydroxyl groups excluding tert-OH is 1. The lowest BCUT2D eigenvalue weighted by Gasteiger charge is -2.20.